The van der Waals surface area contributed by atoms with Gasteiger partial charge in [-0.3, -0.25) is 14.6 Å². The van der Waals surface area contributed by atoms with Gasteiger partial charge in [-0.1, -0.05) is 29.6 Å². The van der Waals surface area contributed by atoms with E-state index >= 15 is 0 Å². The lowest BCUT2D eigenvalue weighted by atomic mass is 10.0. The monoisotopic (exact) mass is 445 g/mol. The second-order valence-corrected chi connectivity index (χ2v) is 8.28. The number of piperidine rings is 1. The molecule has 0 saturated carbocycles. The van der Waals surface area contributed by atoms with Crippen LogP contribution in [0.5, 0.6) is 0 Å². The Bertz CT molecular complexity index is 1090. The molecule has 1 N–H and O–H groups in total. The summed E-state index contributed by atoms with van der Waals surface area (Å²) in [4.78, 5) is 36.3. The van der Waals surface area contributed by atoms with Crippen LogP contribution in [0.4, 0.5) is 5.69 Å². The van der Waals surface area contributed by atoms with Crippen LogP contribution in [0.1, 0.15) is 29.6 Å². The molecule has 4 rings (SSSR count). The highest BCUT2D eigenvalue weighted by Crippen LogP contribution is 2.29. The second-order valence-electron chi connectivity index (χ2n) is 7.46. The summed E-state index contributed by atoms with van der Waals surface area (Å²) in [6.45, 7) is 1.76. The molecule has 1 fully saturated rings. The minimum absolute atomic E-state index is 0.160. The molecule has 156 valence electrons. The fraction of sp³-hybridized carbons (Fsp3) is 0.333. The summed E-state index contributed by atoms with van der Waals surface area (Å²) in [6.07, 6.45) is 9.58. The number of carbonyl (C=O) groups is 2. The molecule has 1 atom stereocenters. The number of halogens is 2. The highest BCUT2D eigenvalue weighted by molar-refractivity contribution is 6.50. The van der Waals surface area contributed by atoms with E-state index in [1.54, 1.807) is 24.5 Å². The number of hydrogen-bond donors (Lipinski definition) is 1. The van der Waals surface area contributed by atoms with Crippen LogP contribution in [0.2, 0.25) is 10.0 Å². The molecule has 9 heteroatoms. The number of nitrogens with zero attached hydrogens (tertiary/aromatic N) is 4. The third-order valence-electron chi connectivity index (χ3n) is 5.51. The molecule has 1 unspecified atom stereocenters. The summed E-state index contributed by atoms with van der Waals surface area (Å²) >= 11 is 12.1. The Morgan fingerprint density at radius 1 is 1.23 bits per heavy atom. The summed E-state index contributed by atoms with van der Waals surface area (Å²) in [6, 6.07) is 3.92. The predicted octanol–water partition coefficient (Wildman–Crippen LogP) is 4.04. The standard InChI is InChI=1S/C21H21Cl2N5O2/c1-27-8-3-2-5-13(27)11-28-12-15(14-6-4-7-25-20(14)28)19(29)21(30)26-18-16(22)9-24-10-17(18)23/h4,6-7,9-10,12-13H,2-3,5,8,11H2,1H3,(H,24,26,30). The van der Waals surface area contributed by atoms with Gasteiger partial charge in [-0.15, -0.1) is 0 Å². The van der Waals surface area contributed by atoms with E-state index in [0.717, 1.165) is 13.0 Å². The number of carbonyl (C=O) groups excluding carboxylic acids is 2. The van der Waals surface area contributed by atoms with Crippen LogP contribution in [0, 0.1) is 0 Å². The molecule has 0 bridgehead atoms. The molecule has 1 amide bonds. The van der Waals surface area contributed by atoms with E-state index in [-0.39, 0.29) is 15.7 Å². The van der Waals surface area contributed by atoms with Crippen molar-refractivity contribution < 1.29 is 9.59 Å². The average molecular weight is 446 g/mol. The van der Waals surface area contributed by atoms with Gasteiger partial charge in [-0.25, -0.2) is 4.98 Å². The minimum atomic E-state index is -0.817. The Kier molecular flexibility index (Phi) is 6.04. The third-order valence-corrected chi connectivity index (χ3v) is 6.08. The molecule has 1 saturated heterocycles. The van der Waals surface area contributed by atoms with E-state index in [9.17, 15) is 9.59 Å². The maximum atomic E-state index is 13.0. The Morgan fingerprint density at radius 3 is 2.73 bits per heavy atom. The number of Topliss-reactive ketones (excluding diaryl/α,β-unsaturated/α-hetero) is 1. The molecular formula is C21H21Cl2N5O2. The molecule has 1 aliphatic rings. The lowest BCUT2D eigenvalue weighted by Crippen LogP contribution is -2.39. The normalized spacial score (nSPS) is 17.2. The topological polar surface area (TPSA) is 80.1 Å². The highest BCUT2D eigenvalue weighted by Gasteiger charge is 2.26. The number of anilines is 1. The fourth-order valence-electron chi connectivity index (χ4n) is 3.87. The number of fused-ring (bicyclic) bond motifs is 1. The molecule has 1 aliphatic heterocycles. The number of rotatable bonds is 5. The van der Waals surface area contributed by atoms with E-state index < -0.39 is 11.7 Å². The third kappa shape index (κ3) is 4.05. The van der Waals surface area contributed by atoms with Crippen LogP contribution in [-0.2, 0) is 11.3 Å². The maximum absolute atomic E-state index is 13.0. The number of nitrogens with one attached hydrogen (secondary N) is 1. The summed E-state index contributed by atoms with van der Waals surface area (Å²) in [5, 5.41) is 3.47. The molecule has 4 heterocycles. The van der Waals surface area contributed by atoms with Gasteiger partial charge >= 0.3 is 0 Å². The van der Waals surface area contributed by atoms with Crippen LogP contribution in [0.15, 0.2) is 36.9 Å². The van der Waals surface area contributed by atoms with Crippen LogP contribution in [0.3, 0.4) is 0 Å². The smallest absolute Gasteiger partial charge is 0.296 e. The van der Waals surface area contributed by atoms with Gasteiger partial charge in [0.15, 0.2) is 0 Å². The van der Waals surface area contributed by atoms with Gasteiger partial charge in [-0.2, -0.15) is 0 Å². The van der Waals surface area contributed by atoms with Gasteiger partial charge in [0.25, 0.3) is 11.7 Å². The van der Waals surface area contributed by atoms with Crippen molar-refractivity contribution in [2.24, 2.45) is 0 Å². The lowest BCUT2D eigenvalue weighted by molar-refractivity contribution is -0.112. The number of hydrogen-bond acceptors (Lipinski definition) is 5. The summed E-state index contributed by atoms with van der Waals surface area (Å²) in [7, 11) is 2.12. The average Bonchev–Trinajstić information content (AvgIpc) is 3.10. The Balaban J connectivity index is 1.63. The van der Waals surface area contributed by atoms with Gasteiger partial charge in [0.1, 0.15) is 5.65 Å². The number of ketones is 1. The van der Waals surface area contributed by atoms with E-state index in [4.69, 9.17) is 23.2 Å². The van der Waals surface area contributed by atoms with E-state index in [2.05, 4.69) is 27.2 Å². The number of aromatic nitrogens is 3. The van der Waals surface area contributed by atoms with Crippen molar-refractivity contribution in [1.29, 1.82) is 0 Å². The molecule has 0 spiro atoms. The summed E-state index contributed by atoms with van der Waals surface area (Å²) < 4.78 is 1.97. The van der Waals surface area contributed by atoms with Crippen molar-refractivity contribution in [3.8, 4) is 0 Å². The van der Waals surface area contributed by atoms with E-state index in [0.29, 0.717) is 29.2 Å². The zero-order chi connectivity index (χ0) is 21.3. The van der Waals surface area contributed by atoms with Gasteiger partial charge in [0, 0.05) is 42.8 Å². The first-order valence-electron chi connectivity index (χ1n) is 9.74. The first kappa shape index (κ1) is 20.8. The van der Waals surface area contributed by atoms with Crippen molar-refractivity contribution in [2.45, 2.75) is 31.8 Å². The van der Waals surface area contributed by atoms with Crippen LogP contribution in [-0.4, -0.2) is 50.8 Å². The lowest BCUT2D eigenvalue weighted by Gasteiger charge is -2.32. The zero-order valence-electron chi connectivity index (χ0n) is 16.4. The number of likely N-dealkylation sites (tertiary alicyclic amines) is 1. The van der Waals surface area contributed by atoms with E-state index in [1.165, 1.54) is 25.2 Å². The van der Waals surface area contributed by atoms with Gasteiger partial charge < -0.3 is 14.8 Å². The van der Waals surface area contributed by atoms with Crippen LogP contribution >= 0.6 is 23.2 Å². The number of amides is 1. The molecular weight excluding hydrogens is 425 g/mol. The fourth-order valence-corrected chi connectivity index (χ4v) is 4.33. The Morgan fingerprint density at radius 2 is 2.00 bits per heavy atom. The SMILES string of the molecule is CN1CCCCC1Cn1cc(C(=O)C(=O)Nc2c(Cl)cncc2Cl)c2cccnc21. The maximum Gasteiger partial charge on any atom is 0.296 e. The molecule has 0 radical (unpaired) electrons. The predicted molar refractivity (Wildman–Crippen MR) is 117 cm³/mol. The molecule has 3 aromatic heterocycles. The van der Waals surface area contributed by atoms with Crippen molar-refractivity contribution >= 4 is 51.6 Å². The minimum Gasteiger partial charge on any atom is -0.330 e. The summed E-state index contributed by atoms with van der Waals surface area (Å²) in [5.74, 6) is -1.49. The van der Waals surface area contributed by atoms with Crippen molar-refractivity contribution in [3.05, 3.63) is 52.5 Å². The van der Waals surface area contributed by atoms with Gasteiger partial charge in [0.05, 0.1) is 21.3 Å². The Labute approximate surface area is 184 Å². The highest BCUT2D eigenvalue weighted by atomic mass is 35.5. The van der Waals surface area contributed by atoms with Gasteiger partial charge in [0.2, 0.25) is 0 Å². The van der Waals surface area contributed by atoms with Crippen LogP contribution in [0.25, 0.3) is 11.0 Å². The number of likely N-dealkylation sites (N-methyl/N-ethyl adjacent to an activating group) is 1. The molecule has 0 aliphatic carbocycles. The largest absolute Gasteiger partial charge is 0.330 e. The van der Waals surface area contributed by atoms with Gasteiger partial charge in [-0.05, 0) is 38.6 Å². The van der Waals surface area contributed by atoms with Crippen LogP contribution < -0.4 is 5.32 Å². The molecule has 30 heavy (non-hydrogen) atoms. The van der Waals surface area contributed by atoms with Crippen molar-refractivity contribution in [1.82, 2.24) is 19.4 Å². The molecule has 3 aromatic rings. The molecule has 7 nitrogen and oxygen atoms in total. The first-order valence-corrected chi connectivity index (χ1v) is 10.5. The quantitative estimate of drug-likeness (QED) is 0.473. The first-order chi connectivity index (χ1) is 14.5. The number of pyridine rings is 2. The Hall–Kier alpha value is -2.48. The van der Waals surface area contributed by atoms with E-state index in [1.807, 2.05) is 4.57 Å². The molecule has 0 aromatic carbocycles. The zero-order valence-corrected chi connectivity index (χ0v) is 18.0. The van der Waals surface area contributed by atoms with Crippen molar-refractivity contribution in [3.63, 3.8) is 0 Å². The second kappa shape index (κ2) is 8.71. The summed E-state index contributed by atoms with van der Waals surface area (Å²) in [5.41, 5.74) is 1.15. The van der Waals surface area contributed by atoms with Crippen molar-refractivity contribution in [2.75, 3.05) is 18.9 Å².